The topological polar surface area (TPSA) is 18.5 Å². The standard InChI is InChI=1S/C37H60O2/c1-7-8-9-10-11-12-13-14-15-16-17-18-19-23-28-38-35-27-26-33(39-30-32-24-21-20-22-25-32)29-34(35)37(5,6)31-36(2,3)4/h20-22,24-27,29H,7-19,23,28,30-31H2,1-6H3. The molecule has 2 rings (SSSR count). The molecule has 0 aliphatic heterocycles. The van der Waals surface area contributed by atoms with E-state index in [1.165, 1.54) is 94.6 Å². The minimum absolute atomic E-state index is 0.00475. The Kier molecular flexibility index (Phi) is 15.7. The highest BCUT2D eigenvalue weighted by Gasteiger charge is 2.30. The van der Waals surface area contributed by atoms with E-state index in [4.69, 9.17) is 9.47 Å². The molecule has 0 saturated carbocycles. The van der Waals surface area contributed by atoms with Crippen LogP contribution in [0.5, 0.6) is 11.5 Å². The minimum Gasteiger partial charge on any atom is -0.493 e. The molecular formula is C37H60O2. The SMILES string of the molecule is CCCCCCCCCCCCCCCCOc1ccc(OCc2ccccc2)cc1C(C)(C)CC(C)(C)C. The van der Waals surface area contributed by atoms with Crippen molar-refractivity contribution in [3.8, 4) is 11.5 Å². The third-order valence-electron chi connectivity index (χ3n) is 7.66. The lowest BCUT2D eigenvalue weighted by Crippen LogP contribution is -2.25. The van der Waals surface area contributed by atoms with Crippen LogP contribution in [0.3, 0.4) is 0 Å². The van der Waals surface area contributed by atoms with Gasteiger partial charge >= 0.3 is 0 Å². The summed E-state index contributed by atoms with van der Waals surface area (Å²) in [5.74, 6) is 1.94. The Morgan fingerprint density at radius 1 is 0.590 bits per heavy atom. The molecule has 2 aromatic carbocycles. The second kappa shape index (κ2) is 18.4. The first kappa shape index (κ1) is 33.2. The van der Waals surface area contributed by atoms with Crippen LogP contribution in [0.2, 0.25) is 0 Å². The van der Waals surface area contributed by atoms with Crippen LogP contribution >= 0.6 is 0 Å². The van der Waals surface area contributed by atoms with Gasteiger partial charge in [0.1, 0.15) is 18.1 Å². The molecule has 0 spiro atoms. The summed E-state index contributed by atoms with van der Waals surface area (Å²) >= 11 is 0. The number of hydrogen-bond donors (Lipinski definition) is 0. The van der Waals surface area contributed by atoms with E-state index in [9.17, 15) is 0 Å². The molecule has 0 amide bonds. The van der Waals surface area contributed by atoms with Gasteiger partial charge in [-0.15, -0.1) is 0 Å². The van der Waals surface area contributed by atoms with E-state index in [0.29, 0.717) is 6.61 Å². The van der Waals surface area contributed by atoms with Gasteiger partial charge in [0.2, 0.25) is 0 Å². The fourth-order valence-corrected chi connectivity index (χ4v) is 5.89. The van der Waals surface area contributed by atoms with Gasteiger partial charge in [-0.1, -0.05) is 155 Å². The highest BCUT2D eigenvalue weighted by molar-refractivity contribution is 5.44. The predicted molar refractivity (Wildman–Crippen MR) is 170 cm³/mol. The summed E-state index contributed by atoms with van der Waals surface area (Å²) in [5.41, 5.74) is 2.67. The van der Waals surface area contributed by atoms with Crippen LogP contribution in [-0.4, -0.2) is 6.61 Å². The monoisotopic (exact) mass is 536 g/mol. The molecule has 0 atom stereocenters. The fraction of sp³-hybridized carbons (Fsp3) is 0.676. The molecule has 0 aromatic heterocycles. The fourth-order valence-electron chi connectivity index (χ4n) is 5.89. The van der Waals surface area contributed by atoms with Crippen molar-refractivity contribution in [1.82, 2.24) is 0 Å². The van der Waals surface area contributed by atoms with Crippen LogP contribution in [0.25, 0.3) is 0 Å². The minimum atomic E-state index is -0.00475. The summed E-state index contributed by atoms with van der Waals surface area (Å²) in [6.07, 6.45) is 20.4. The Balaban J connectivity index is 1.75. The molecule has 0 saturated heterocycles. The molecule has 0 bridgehead atoms. The van der Waals surface area contributed by atoms with Gasteiger partial charge in [0, 0.05) is 5.56 Å². The molecular weight excluding hydrogens is 476 g/mol. The van der Waals surface area contributed by atoms with Crippen LogP contribution in [-0.2, 0) is 12.0 Å². The van der Waals surface area contributed by atoms with Crippen molar-refractivity contribution in [3.63, 3.8) is 0 Å². The van der Waals surface area contributed by atoms with Gasteiger partial charge < -0.3 is 9.47 Å². The van der Waals surface area contributed by atoms with E-state index in [0.717, 1.165) is 30.9 Å². The second-order valence-electron chi connectivity index (χ2n) is 13.5. The maximum absolute atomic E-state index is 6.41. The van der Waals surface area contributed by atoms with E-state index >= 15 is 0 Å². The zero-order valence-corrected chi connectivity index (χ0v) is 26.5. The second-order valence-corrected chi connectivity index (χ2v) is 13.5. The number of rotatable bonds is 21. The Morgan fingerprint density at radius 2 is 1.13 bits per heavy atom. The number of hydrogen-bond acceptors (Lipinski definition) is 2. The summed E-state index contributed by atoms with van der Waals surface area (Å²) in [6, 6.07) is 16.8. The van der Waals surface area contributed by atoms with Gasteiger partial charge in [-0.2, -0.15) is 0 Å². The molecule has 220 valence electrons. The summed E-state index contributed by atoms with van der Waals surface area (Å²) < 4.78 is 12.6. The van der Waals surface area contributed by atoms with Gasteiger partial charge in [-0.05, 0) is 47.4 Å². The normalized spacial score (nSPS) is 12.1. The predicted octanol–water partition coefficient (Wildman–Crippen LogP) is 11.8. The van der Waals surface area contributed by atoms with Crippen molar-refractivity contribution in [2.75, 3.05) is 6.61 Å². The summed E-state index contributed by atoms with van der Waals surface area (Å²) in [4.78, 5) is 0. The molecule has 2 aromatic rings. The van der Waals surface area contributed by atoms with Crippen molar-refractivity contribution >= 4 is 0 Å². The van der Waals surface area contributed by atoms with Crippen molar-refractivity contribution in [2.45, 2.75) is 150 Å². The highest BCUT2D eigenvalue weighted by Crippen LogP contribution is 2.42. The Bertz CT molecular complexity index is 878. The molecule has 0 N–H and O–H groups in total. The van der Waals surface area contributed by atoms with Crippen molar-refractivity contribution in [1.29, 1.82) is 0 Å². The van der Waals surface area contributed by atoms with E-state index in [-0.39, 0.29) is 10.8 Å². The summed E-state index contributed by atoms with van der Waals surface area (Å²) in [5, 5.41) is 0. The number of unbranched alkanes of at least 4 members (excludes halogenated alkanes) is 13. The van der Waals surface area contributed by atoms with Gasteiger partial charge in [-0.3, -0.25) is 0 Å². The van der Waals surface area contributed by atoms with Crippen LogP contribution < -0.4 is 9.47 Å². The molecule has 2 heteroatoms. The first-order chi connectivity index (χ1) is 18.7. The maximum Gasteiger partial charge on any atom is 0.123 e. The Labute approximate surface area is 242 Å². The van der Waals surface area contributed by atoms with Crippen molar-refractivity contribution in [3.05, 3.63) is 59.7 Å². The smallest absolute Gasteiger partial charge is 0.123 e. The van der Waals surface area contributed by atoms with Crippen LogP contribution in [0.1, 0.15) is 149 Å². The van der Waals surface area contributed by atoms with Crippen molar-refractivity contribution < 1.29 is 9.47 Å². The lowest BCUT2D eigenvalue weighted by Gasteiger charge is -2.34. The summed E-state index contributed by atoms with van der Waals surface area (Å²) in [7, 11) is 0. The first-order valence-electron chi connectivity index (χ1n) is 16.2. The molecule has 0 radical (unpaired) electrons. The average Bonchev–Trinajstić information content (AvgIpc) is 2.89. The summed E-state index contributed by atoms with van der Waals surface area (Å²) in [6.45, 7) is 15.3. The quantitative estimate of drug-likeness (QED) is 0.148. The largest absolute Gasteiger partial charge is 0.493 e. The average molecular weight is 537 g/mol. The first-order valence-corrected chi connectivity index (χ1v) is 16.2. The van der Waals surface area contributed by atoms with Crippen LogP contribution in [0, 0.1) is 5.41 Å². The third-order valence-corrected chi connectivity index (χ3v) is 7.66. The number of ether oxygens (including phenoxy) is 2. The molecule has 0 fully saturated rings. The molecule has 0 heterocycles. The number of benzene rings is 2. The molecule has 0 unspecified atom stereocenters. The Morgan fingerprint density at radius 3 is 1.67 bits per heavy atom. The van der Waals surface area contributed by atoms with E-state index < -0.39 is 0 Å². The van der Waals surface area contributed by atoms with E-state index in [1.807, 2.05) is 6.07 Å². The Hall–Kier alpha value is -1.96. The van der Waals surface area contributed by atoms with Gasteiger partial charge in [0.25, 0.3) is 0 Å². The van der Waals surface area contributed by atoms with Gasteiger partial charge in [-0.25, -0.2) is 0 Å². The van der Waals surface area contributed by atoms with Crippen LogP contribution in [0.15, 0.2) is 48.5 Å². The lowest BCUT2D eigenvalue weighted by molar-refractivity contribution is 0.259. The third kappa shape index (κ3) is 14.8. The van der Waals surface area contributed by atoms with Gasteiger partial charge in [0.15, 0.2) is 0 Å². The van der Waals surface area contributed by atoms with Crippen molar-refractivity contribution in [2.24, 2.45) is 5.41 Å². The zero-order chi connectivity index (χ0) is 28.4. The maximum atomic E-state index is 6.41. The molecule has 0 aliphatic carbocycles. The van der Waals surface area contributed by atoms with E-state index in [2.05, 4.69) is 84.0 Å². The highest BCUT2D eigenvalue weighted by atomic mass is 16.5. The molecule has 0 aliphatic rings. The van der Waals surface area contributed by atoms with Gasteiger partial charge in [0.05, 0.1) is 6.61 Å². The van der Waals surface area contributed by atoms with Crippen LogP contribution in [0.4, 0.5) is 0 Å². The van der Waals surface area contributed by atoms with E-state index in [1.54, 1.807) is 0 Å². The molecule has 39 heavy (non-hydrogen) atoms. The lowest BCUT2D eigenvalue weighted by atomic mass is 9.72. The zero-order valence-electron chi connectivity index (χ0n) is 26.5. The molecule has 2 nitrogen and oxygen atoms in total.